The normalized spacial score (nSPS) is 13.6. The molecule has 0 N–H and O–H groups in total. The molecule has 0 fully saturated rings. The van der Waals surface area contributed by atoms with Crippen molar-refractivity contribution in [2.75, 3.05) is 0 Å². The minimum atomic E-state index is -0.318. The largest absolute Gasteiger partial charge is 0.462 e. The Hall–Kier alpha value is -3.84. The molecule has 138 valence electrons. The number of fused-ring (bicyclic) bond motifs is 3. The van der Waals surface area contributed by atoms with E-state index >= 15 is 0 Å². The number of ketones is 2. The van der Waals surface area contributed by atoms with Crippen molar-refractivity contribution in [1.82, 2.24) is 9.97 Å². The SMILES string of the molecule is O=C1C(=Cc2nc3sc(-c4ccco4)nc3o2)C(=O)c2cc3ccccc3cc21. The van der Waals surface area contributed by atoms with Crippen LogP contribution in [0.3, 0.4) is 0 Å². The first kappa shape index (κ1) is 16.1. The quantitative estimate of drug-likeness (QED) is 0.302. The lowest BCUT2D eigenvalue weighted by molar-refractivity contribution is 0.0990. The second kappa shape index (κ2) is 5.83. The van der Waals surface area contributed by atoms with Crippen LogP contribution in [0.15, 0.2) is 69.2 Å². The van der Waals surface area contributed by atoms with Crippen LogP contribution in [0.2, 0.25) is 0 Å². The number of hydrogen-bond acceptors (Lipinski definition) is 7. The van der Waals surface area contributed by atoms with Crippen molar-refractivity contribution in [2.45, 2.75) is 0 Å². The number of thiazole rings is 1. The summed E-state index contributed by atoms with van der Waals surface area (Å²) in [5.41, 5.74) is 1.21. The summed E-state index contributed by atoms with van der Waals surface area (Å²) >= 11 is 1.32. The van der Waals surface area contributed by atoms with Gasteiger partial charge in [0.1, 0.15) is 0 Å². The fraction of sp³-hybridized carbons (Fsp3) is 0. The monoisotopic (exact) mass is 398 g/mol. The number of furan rings is 1. The summed E-state index contributed by atoms with van der Waals surface area (Å²) in [5, 5.41) is 2.49. The van der Waals surface area contributed by atoms with Gasteiger partial charge in [-0.05, 0) is 35.0 Å². The molecule has 0 aliphatic heterocycles. The van der Waals surface area contributed by atoms with Gasteiger partial charge in [0.25, 0.3) is 5.71 Å². The fourth-order valence-corrected chi connectivity index (χ4v) is 4.33. The van der Waals surface area contributed by atoms with Crippen molar-refractivity contribution in [3.8, 4) is 10.8 Å². The molecule has 3 heterocycles. The molecule has 0 unspecified atom stereocenters. The van der Waals surface area contributed by atoms with E-state index in [9.17, 15) is 9.59 Å². The fourth-order valence-electron chi connectivity index (χ4n) is 3.49. The van der Waals surface area contributed by atoms with Crippen LogP contribution < -0.4 is 0 Å². The number of aromatic nitrogens is 2. The van der Waals surface area contributed by atoms with Crippen LogP contribution in [0.4, 0.5) is 0 Å². The molecule has 29 heavy (non-hydrogen) atoms. The highest BCUT2D eigenvalue weighted by atomic mass is 32.1. The van der Waals surface area contributed by atoms with E-state index in [1.807, 2.05) is 24.3 Å². The number of oxazole rings is 1. The molecule has 7 heteroatoms. The van der Waals surface area contributed by atoms with Crippen molar-refractivity contribution in [2.24, 2.45) is 0 Å². The summed E-state index contributed by atoms with van der Waals surface area (Å²) in [7, 11) is 0. The molecule has 6 rings (SSSR count). The smallest absolute Gasteiger partial charge is 0.259 e. The van der Waals surface area contributed by atoms with Crippen molar-refractivity contribution in [3.05, 3.63) is 77.4 Å². The molecular weight excluding hydrogens is 388 g/mol. The van der Waals surface area contributed by atoms with Crippen LogP contribution in [0, 0.1) is 0 Å². The summed E-state index contributed by atoms with van der Waals surface area (Å²) in [6.07, 6.45) is 2.97. The Morgan fingerprint density at radius 1 is 0.897 bits per heavy atom. The number of allylic oxidation sites excluding steroid dienone is 1. The van der Waals surface area contributed by atoms with E-state index in [0.29, 0.717) is 32.4 Å². The average Bonchev–Trinajstić information content (AvgIpc) is 3.48. The Labute approximate surface area is 167 Å². The molecule has 2 aromatic carbocycles. The average molecular weight is 398 g/mol. The number of carbonyl (C=O) groups is 2. The highest BCUT2D eigenvalue weighted by molar-refractivity contribution is 7.21. The van der Waals surface area contributed by atoms with E-state index < -0.39 is 0 Å². The molecule has 0 spiro atoms. The predicted octanol–water partition coefficient (Wildman–Crippen LogP) is 5.16. The minimum Gasteiger partial charge on any atom is -0.462 e. The molecule has 6 nitrogen and oxygen atoms in total. The standard InChI is InChI=1S/C22H10N2O4S/c25-18-13-8-11-4-1-2-5-12(11)9-14(13)19(26)15(18)10-17-23-22-20(28-17)24-21(29-22)16-6-3-7-27-16/h1-10H. The van der Waals surface area contributed by atoms with Gasteiger partial charge in [0.15, 0.2) is 27.2 Å². The van der Waals surface area contributed by atoms with E-state index in [4.69, 9.17) is 8.83 Å². The summed E-state index contributed by atoms with van der Waals surface area (Å²) < 4.78 is 11.0. The van der Waals surface area contributed by atoms with Gasteiger partial charge in [-0.25, -0.2) is 0 Å². The Bertz CT molecular complexity index is 1400. The van der Waals surface area contributed by atoms with Gasteiger partial charge in [-0.1, -0.05) is 35.6 Å². The van der Waals surface area contributed by atoms with E-state index in [1.54, 1.807) is 30.5 Å². The van der Waals surface area contributed by atoms with Crippen molar-refractivity contribution < 1.29 is 18.4 Å². The molecule has 0 saturated carbocycles. The van der Waals surface area contributed by atoms with Crippen LogP contribution in [-0.4, -0.2) is 21.5 Å². The third-order valence-electron chi connectivity index (χ3n) is 4.86. The summed E-state index contributed by atoms with van der Waals surface area (Å²) in [6.45, 7) is 0. The van der Waals surface area contributed by atoms with Gasteiger partial charge in [0, 0.05) is 17.2 Å². The Balaban J connectivity index is 1.41. The molecule has 5 aromatic rings. The van der Waals surface area contributed by atoms with Gasteiger partial charge in [0.2, 0.25) is 5.89 Å². The van der Waals surface area contributed by atoms with E-state index in [-0.39, 0.29) is 23.0 Å². The lowest BCUT2D eigenvalue weighted by atomic mass is 10.0. The number of rotatable bonds is 2. The molecule has 0 amide bonds. The van der Waals surface area contributed by atoms with Gasteiger partial charge in [-0.15, -0.1) is 0 Å². The van der Waals surface area contributed by atoms with Crippen molar-refractivity contribution >= 4 is 50.3 Å². The maximum atomic E-state index is 12.8. The van der Waals surface area contributed by atoms with Crippen LogP contribution in [-0.2, 0) is 0 Å². The third-order valence-corrected chi connectivity index (χ3v) is 5.80. The Kier molecular flexibility index (Phi) is 3.24. The van der Waals surface area contributed by atoms with Crippen LogP contribution in [0.5, 0.6) is 0 Å². The zero-order valence-electron chi connectivity index (χ0n) is 14.7. The van der Waals surface area contributed by atoms with E-state index in [0.717, 1.165) is 10.8 Å². The van der Waals surface area contributed by atoms with Gasteiger partial charge < -0.3 is 8.83 Å². The lowest BCUT2D eigenvalue weighted by Crippen LogP contribution is -2.00. The number of benzene rings is 2. The van der Waals surface area contributed by atoms with E-state index in [2.05, 4.69) is 9.97 Å². The molecule has 3 aromatic heterocycles. The predicted molar refractivity (Wildman–Crippen MR) is 108 cm³/mol. The molecule has 1 aliphatic rings. The number of Topliss-reactive ketones (excluding diaryl/α,β-unsaturated/α-hetero) is 2. The van der Waals surface area contributed by atoms with Crippen LogP contribution in [0.25, 0.3) is 38.2 Å². The zero-order chi connectivity index (χ0) is 19.5. The molecule has 0 atom stereocenters. The van der Waals surface area contributed by atoms with Crippen LogP contribution in [0.1, 0.15) is 26.6 Å². The van der Waals surface area contributed by atoms with Gasteiger partial charge >= 0.3 is 0 Å². The van der Waals surface area contributed by atoms with Gasteiger partial charge in [0.05, 0.1) is 11.8 Å². The summed E-state index contributed by atoms with van der Waals surface area (Å²) in [4.78, 5) is 35.0. The third kappa shape index (κ3) is 2.41. The van der Waals surface area contributed by atoms with Gasteiger partial charge in [-0.2, -0.15) is 9.97 Å². The highest BCUT2D eigenvalue weighted by Crippen LogP contribution is 2.34. The van der Waals surface area contributed by atoms with Crippen LogP contribution >= 0.6 is 11.3 Å². The van der Waals surface area contributed by atoms with Crippen molar-refractivity contribution in [3.63, 3.8) is 0 Å². The molecule has 0 saturated heterocycles. The maximum absolute atomic E-state index is 12.8. The molecule has 0 bridgehead atoms. The summed E-state index contributed by atoms with van der Waals surface area (Å²) in [5.74, 6) is 0.175. The number of nitrogens with zero attached hydrogens (tertiary/aromatic N) is 2. The Morgan fingerprint density at radius 2 is 1.62 bits per heavy atom. The molecule has 0 radical (unpaired) electrons. The molecular formula is C22H10N2O4S. The maximum Gasteiger partial charge on any atom is 0.259 e. The van der Waals surface area contributed by atoms with Gasteiger partial charge in [-0.3, -0.25) is 9.59 Å². The first-order chi connectivity index (χ1) is 14.2. The molecule has 1 aliphatic carbocycles. The van der Waals surface area contributed by atoms with Crippen molar-refractivity contribution in [1.29, 1.82) is 0 Å². The second-order valence-corrected chi connectivity index (χ2v) is 7.60. The summed E-state index contributed by atoms with van der Waals surface area (Å²) in [6, 6.07) is 14.7. The minimum absolute atomic E-state index is 0.0514. The topological polar surface area (TPSA) is 86.2 Å². The van der Waals surface area contributed by atoms with E-state index in [1.165, 1.54) is 17.4 Å². The highest BCUT2D eigenvalue weighted by Gasteiger charge is 2.34. The second-order valence-electron chi connectivity index (χ2n) is 6.62. The zero-order valence-corrected chi connectivity index (χ0v) is 15.5. The number of hydrogen-bond donors (Lipinski definition) is 0. The Morgan fingerprint density at radius 3 is 2.24 bits per heavy atom. The first-order valence-corrected chi connectivity index (χ1v) is 9.64. The number of carbonyl (C=O) groups excluding carboxylic acids is 2. The first-order valence-electron chi connectivity index (χ1n) is 8.82. The lowest BCUT2D eigenvalue weighted by Gasteiger charge is -2.00.